The first-order chi connectivity index (χ1) is 13.6. The second-order valence-corrected chi connectivity index (χ2v) is 8.71. The molecule has 8 heteroatoms. The summed E-state index contributed by atoms with van der Waals surface area (Å²) in [6.45, 7) is 8.49. The van der Waals surface area contributed by atoms with Crippen LogP contribution in [0.2, 0.25) is 0 Å². The lowest BCUT2D eigenvalue weighted by Gasteiger charge is -2.35. The summed E-state index contributed by atoms with van der Waals surface area (Å²) < 4.78 is 16.3. The van der Waals surface area contributed by atoms with Gasteiger partial charge in [0.15, 0.2) is 11.0 Å². The van der Waals surface area contributed by atoms with Crippen molar-refractivity contribution in [1.82, 2.24) is 24.6 Å². The Hall–Kier alpha value is -1.93. The molecule has 2 fully saturated rings. The van der Waals surface area contributed by atoms with Gasteiger partial charge in [0.1, 0.15) is 5.82 Å². The predicted octanol–water partition coefficient (Wildman–Crippen LogP) is 3.06. The van der Waals surface area contributed by atoms with Crippen molar-refractivity contribution in [2.24, 2.45) is 0 Å². The van der Waals surface area contributed by atoms with E-state index in [-0.39, 0.29) is 17.0 Å². The molecular formula is C20H26FN5OS. The summed E-state index contributed by atoms with van der Waals surface area (Å²) in [5.41, 5.74) is 0.461. The van der Waals surface area contributed by atoms with Crippen molar-refractivity contribution in [1.29, 1.82) is 0 Å². The number of likely N-dealkylation sites (N-methyl/N-ethyl adjacent to an activating group) is 1. The maximum atomic E-state index is 14.3. The van der Waals surface area contributed by atoms with Crippen LogP contribution in [0.5, 0.6) is 0 Å². The Morgan fingerprint density at radius 1 is 1.21 bits per heavy atom. The number of carbonyl (C=O) groups is 1. The van der Waals surface area contributed by atoms with Gasteiger partial charge in [-0.2, -0.15) is 0 Å². The van der Waals surface area contributed by atoms with Crippen LogP contribution >= 0.6 is 11.8 Å². The Balaban J connectivity index is 1.51. The minimum atomic E-state index is -0.300. The van der Waals surface area contributed by atoms with E-state index in [0.29, 0.717) is 22.6 Å². The van der Waals surface area contributed by atoms with Gasteiger partial charge in [-0.25, -0.2) is 4.39 Å². The van der Waals surface area contributed by atoms with Gasteiger partial charge in [0.2, 0.25) is 5.91 Å². The number of piperazine rings is 1. The Labute approximate surface area is 169 Å². The van der Waals surface area contributed by atoms with E-state index in [0.717, 1.165) is 45.6 Å². The summed E-state index contributed by atoms with van der Waals surface area (Å²) in [4.78, 5) is 17.2. The summed E-state index contributed by atoms with van der Waals surface area (Å²) in [6, 6.07) is 6.94. The van der Waals surface area contributed by atoms with Crippen molar-refractivity contribution in [2.75, 3.05) is 32.7 Å². The number of hydrogen-bond donors (Lipinski definition) is 0. The van der Waals surface area contributed by atoms with Gasteiger partial charge >= 0.3 is 0 Å². The third-order valence-electron chi connectivity index (χ3n) is 5.45. The van der Waals surface area contributed by atoms with Crippen LogP contribution in [0.4, 0.5) is 4.39 Å². The third-order valence-corrected chi connectivity index (χ3v) is 6.50. The van der Waals surface area contributed by atoms with Crippen molar-refractivity contribution >= 4 is 17.7 Å². The van der Waals surface area contributed by atoms with Crippen molar-refractivity contribution in [3.8, 4) is 11.4 Å². The zero-order valence-corrected chi connectivity index (χ0v) is 17.2. The van der Waals surface area contributed by atoms with Crippen LogP contribution in [0.15, 0.2) is 29.4 Å². The van der Waals surface area contributed by atoms with E-state index in [2.05, 4.69) is 22.0 Å². The van der Waals surface area contributed by atoms with E-state index in [1.807, 2.05) is 16.4 Å². The average molecular weight is 404 g/mol. The molecule has 1 saturated carbocycles. The van der Waals surface area contributed by atoms with Crippen molar-refractivity contribution in [3.05, 3.63) is 30.1 Å². The number of aromatic nitrogens is 3. The molecule has 2 aliphatic rings. The number of carbonyl (C=O) groups excluding carboxylic acids is 1. The maximum absolute atomic E-state index is 14.3. The van der Waals surface area contributed by atoms with Gasteiger partial charge < -0.3 is 9.80 Å². The number of amides is 1. The van der Waals surface area contributed by atoms with E-state index in [9.17, 15) is 9.18 Å². The lowest BCUT2D eigenvalue weighted by molar-refractivity contribution is -0.132. The molecule has 0 N–H and O–H groups in total. The molecule has 1 amide bonds. The van der Waals surface area contributed by atoms with Gasteiger partial charge in [-0.3, -0.25) is 9.36 Å². The standard InChI is InChI=1S/C20H26FN5OS/c1-3-24-10-12-25(13-11-24)19(27)14(2)28-20-23-22-18(26(20)15-8-9-15)16-6-4-5-7-17(16)21/h4-7,14-15H,3,8-13H2,1-2H3. The largest absolute Gasteiger partial charge is 0.339 e. The maximum Gasteiger partial charge on any atom is 0.235 e. The molecule has 1 aliphatic heterocycles. The molecule has 6 nitrogen and oxygen atoms in total. The van der Waals surface area contributed by atoms with Crippen LogP contribution in [-0.2, 0) is 4.79 Å². The summed E-state index contributed by atoms with van der Waals surface area (Å²) >= 11 is 1.43. The molecule has 1 aliphatic carbocycles. The number of benzene rings is 1. The number of rotatable bonds is 6. The lowest BCUT2D eigenvalue weighted by Crippen LogP contribution is -2.50. The molecule has 150 valence electrons. The van der Waals surface area contributed by atoms with Gasteiger partial charge in [-0.1, -0.05) is 30.8 Å². The molecular weight excluding hydrogens is 377 g/mol. The fourth-order valence-electron chi connectivity index (χ4n) is 3.60. The van der Waals surface area contributed by atoms with Crippen LogP contribution < -0.4 is 0 Å². The summed E-state index contributed by atoms with van der Waals surface area (Å²) in [6.07, 6.45) is 2.07. The Kier molecular flexibility index (Phi) is 5.68. The van der Waals surface area contributed by atoms with Crippen LogP contribution in [-0.4, -0.2) is 68.4 Å². The third kappa shape index (κ3) is 3.93. The van der Waals surface area contributed by atoms with Crippen LogP contribution in [0, 0.1) is 5.82 Å². The highest BCUT2D eigenvalue weighted by atomic mass is 32.2. The molecule has 1 aromatic heterocycles. The van der Waals surface area contributed by atoms with E-state index >= 15 is 0 Å². The first kappa shape index (κ1) is 19.4. The van der Waals surface area contributed by atoms with Crippen LogP contribution in [0.3, 0.4) is 0 Å². The van der Waals surface area contributed by atoms with E-state index < -0.39 is 0 Å². The quantitative estimate of drug-likeness (QED) is 0.694. The average Bonchev–Trinajstić information content (AvgIpc) is 3.48. The van der Waals surface area contributed by atoms with Crippen molar-refractivity contribution < 1.29 is 9.18 Å². The van der Waals surface area contributed by atoms with Gasteiger partial charge in [-0.05, 0) is 38.4 Å². The number of halogens is 1. The molecule has 28 heavy (non-hydrogen) atoms. The Morgan fingerprint density at radius 3 is 2.57 bits per heavy atom. The number of thioether (sulfide) groups is 1. The van der Waals surface area contributed by atoms with Crippen molar-refractivity contribution in [2.45, 2.75) is 43.1 Å². The molecule has 0 spiro atoms. The summed E-state index contributed by atoms with van der Waals surface area (Å²) in [7, 11) is 0. The second-order valence-electron chi connectivity index (χ2n) is 7.41. The molecule has 0 bridgehead atoms. The molecule has 2 heterocycles. The normalized spacial score (nSPS) is 19.0. The highest BCUT2D eigenvalue weighted by Crippen LogP contribution is 2.42. The topological polar surface area (TPSA) is 54.3 Å². The fourth-order valence-corrected chi connectivity index (χ4v) is 4.60. The summed E-state index contributed by atoms with van der Waals surface area (Å²) in [5, 5.41) is 9.05. The SMILES string of the molecule is CCN1CCN(C(=O)C(C)Sc2nnc(-c3ccccc3F)n2C2CC2)CC1. The minimum Gasteiger partial charge on any atom is -0.339 e. The first-order valence-electron chi connectivity index (χ1n) is 9.96. The van der Waals surface area contributed by atoms with Gasteiger partial charge in [0, 0.05) is 32.2 Å². The molecule has 2 aromatic rings. The molecule has 4 rings (SSSR count). The number of hydrogen-bond acceptors (Lipinski definition) is 5. The molecule has 1 aromatic carbocycles. The zero-order chi connectivity index (χ0) is 19.7. The van der Waals surface area contributed by atoms with Crippen LogP contribution in [0.1, 0.15) is 32.7 Å². The Morgan fingerprint density at radius 2 is 1.93 bits per heavy atom. The van der Waals surface area contributed by atoms with E-state index in [1.54, 1.807) is 18.2 Å². The lowest BCUT2D eigenvalue weighted by atomic mass is 10.2. The first-order valence-corrected chi connectivity index (χ1v) is 10.8. The van der Waals surface area contributed by atoms with E-state index in [4.69, 9.17) is 0 Å². The number of nitrogens with zero attached hydrogens (tertiary/aromatic N) is 5. The smallest absolute Gasteiger partial charge is 0.235 e. The summed E-state index contributed by atoms with van der Waals surface area (Å²) in [5.74, 6) is 0.393. The molecule has 1 unspecified atom stereocenters. The monoisotopic (exact) mass is 403 g/mol. The van der Waals surface area contributed by atoms with Crippen LogP contribution in [0.25, 0.3) is 11.4 Å². The molecule has 0 radical (unpaired) electrons. The zero-order valence-electron chi connectivity index (χ0n) is 16.3. The predicted molar refractivity (Wildman–Crippen MR) is 108 cm³/mol. The minimum absolute atomic E-state index is 0.138. The van der Waals surface area contributed by atoms with E-state index in [1.165, 1.54) is 17.8 Å². The molecule has 1 atom stereocenters. The second kappa shape index (κ2) is 8.21. The Bertz CT molecular complexity index is 845. The van der Waals surface area contributed by atoms with Gasteiger partial charge in [0.25, 0.3) is 0 Å². The molecule has 1 saturated heterocycles. The highest BCUT2D eigenvalue weighted by Gasteiger charge is 2.33. The van der Waals surface area contributed by atoms with Crippen molar-refractivity contribution in [3.63, 3.8) is 0 Å². The fraction of sp³-hybridized carbons (Fsp3) is 0.550. The van der Waals surface area contributed by atoms with Gasteiger partial charge in [-0.15, -0.1) is 10.2 Å². The highest BCUT2D eigenvalue weighted by molar-refractivity contribution is 8.00. The van der Waals surface area contributed by atoms with Gasteiger partial charge in [0.05, 0.1) is 10.8 Å².